The summed E-state index contributed by atoms with van der Waals surface area (Å²) < 4.78 is 26.6. The summed E-state index contributed by atoms with van der Waals surface area (Å²) in [7, 11) is -3.54. The van der Waals surface area contributed by atoms with Crippen LogP contribution in [0.2, 0.25) is 5.02 Å². The molecule has 0 spiro atoms. The van der Waals surface area contributed by atoms with Crippen molar-refractivity contribution < 1.29 is 18.0 Å². The van der Waals surface area contributed by atoms with Crippen LogP contribution in [0.3, 0.4) is 0 Å². The lowest BCUT2D eigenvalue weighted by molar-refractivity contribution is -0.125. The number of halogens is 1. The fourth-order valence-corrected chi connectivity index (χ4v) is 4.59. The number of hydrogen-bond acceptors (Lipinski definition) is 5. The van der Waals surface area contributed by atoms with E-state index >= 15 is 0 Å². The number of sulfonamides is 1. The molecule has 9 heteroatoms. The standard InChI is InChI=1S/C15H18ClN3O4S/c16-10-1-3-12(4-2-10)24(22,23)19-7-5-11(6-8-19)17-13-9-14(20)18-15(13)21/h1-4,11,13,17H,5-9H2,(H,18,20,21)/t13-/m0/s1. The molecule has 2 saturated heterocycles. The van der Waals surface area contributed by atoms with E-state index in [1.54, 1.807) is 12.1 Å². The van der Waals surface area contributed by atoms with Crippen LogP contribution in [0, 0.1) is 0 Å². The third kappa shape index (κ3) is 3.61. The number of benzene rings is 1. The Morgan fingerprint density at radius 3 is 2.29 bits per heavy atom. The first-order valence-electron chi connectivity index (χ1n) is 7.72. The SMILES string of the molecule is O=C1C[C@H](NC2CCN(S(=O)(=O)c3ccc(Cl)cc3)CC2)C(=O)N1. The zero-order valence-electron chi connectivity index (χ0n) is 12.9. The van der Waals surface area contributed by atoms with Gasteiger partial charge in [-0.2, -0.15) is 4.31 Å². The number of nitrogens with zero attached hydrogens (tertiary/aromatic N) is 1. The van der Waals surface area contributed by atoms with Gasteiger partial charge in [0.25, 0.3) is 0 Å². The molecule has 2 aliphatic heterocycles. The molecule has 2 amide bonds. The van der Waals surface area contributed by atoms with Gasteiger partial charge in [-0.1, -0.05) is 11.6 Å². The second-order valence-corrected chi connectivity index (χ2v) is 8.34. The predicted molar refractivity (Wildman–Crippen MR) is 87.9 cm³/mol. The van der Waals surface area contributed by atoms with E-state index in [0.717, 1.165) is 0 Å². The van der Waals surface area contributed by atoms with Crippen molar-refractivity contribution >= 4 is 33.4 Å². The lowest BCUT2D eigenvalue weighted by atomic mass is 10.1. The number of rotatable bonds is 4. The van der Waals surface area contributed by atoms with Gasteiger partial charge in [-0.15, -0.1) is 0 Å². The first-order chi connectivity index (χ1) is 11.4. The number of hydrogen-bond donors (Lipinski definition) is 2. The van der Waals surface area contributed by atoms with Gasteiger partial charge in [0, 0.05) is 24.2 Å². The summed E-state index contributed by atoms with van der Waals surface area (Å²) >= 11 is 5.80. The number of carbonyl (C=O) groups excluding carboxylic acids is 2. The largest absolute Gasteiger partial charge is 0.303 e. The van der Waals surface area contributed by atoms with Gasteiger partial charge < -0.3 is 5.32 Å². The van der Waals surface area contributed by atoms with Gasteiger partial charge in [0.2, 0.25) is 21.8 Å². The van der Waals surface area contributed by atoms with E-state index in [4.69, 9.17) is 11.6 Å². The molecular formula is C15H18ClN3O4S. The predicted octanol–water partition coefficient (Wildman–Crippen LogP) is 0.498. The highest BCUT2D eigenvalue weighted by Crippen LogP contribution is 2.22. The minimum atomic E-state index is -3.54. The Labute approximate surface area is 145 Å². The number of nitrogens with one attached hydrogen (secondary N) is 2. The Bertz CT molecular complexity index is 742. The average molecular weight is 372 g/mol. The topological polar surface area (TPSA) is 95.6 Å². The summed E-state index contributed by atoms with van der Waals surface area (Å²) in [6.07, 6.45) is 1.32. The molecule has 2 heterocycles. The quantitative estimate of drug-likeness (QED) is 0.751. The van der Waals surface area contributed by atoms with Crippen LogP contribution in [0.4, 0.5) is 0 Å². The molecule has 1 atom stereocenters. The zero-order valence-corrected chi connectivity index (χ0v) is 14.4. The summed E-state index contributed by atoms with van der Waals surface area (Å²) in [6.45, 7) is 0.732. The van der Waals surface area contributed by atoms with E-state index in [0.29, 0.717) is 31.0 Å². The van der Waals surface area contributed by atoms with Crippen molar-refractivity contribution in [3.8, 4) is 0 Å². The fraction of sp³-hybridized carbons (Fsp3) is 0.467. The minimum absolute atomic E-state index is 0.0170. The summed E-state index contributed by atoms with van der Waals surface area (Å²) in [5, 5.41) is 5.89. The molecule has 2 N–H and O–H groups in total. The molecule has 130 valence electrons. The summed E-state index contributed by atoms with van der Waals surface area (Å²) in [5.41, 5.74) is 0. The molecule has 1 aromatic carbocycles. The molecule has 1 aromatic rings. The van der Waals surface area contributed by atoms with Crippen molar-refractivity contribution in [3.05, 3.63) is 29.3 Å². The van der Waals surface area contributed by atoms with Crippen molar-refractivity contribution in [1.29, 1.82) is 0 Å². The first-order valence-corrected chi connectivity index (χ1v) is 9.53. The third-order valence-corrected chi connectivity index (χ3v) is 6.48. The van der Waals surface area contributed by atoms with E-state index in [1.807, 2.05) is 0 Å². The highest BCUT2D eigenvalue weighted by Gasteiger charge is 2.34. The molecule has 2 fully saturated rings. The monoisotopic (exact) mass is 371 g/mol. The van der Waals surface area contributed by atoms with E-state index in [1.165, 1.54) is 16.4 Å². The van der Waals surface area contributed by atoms with Crippen molar-refractivity contribution in [3.63, 3.8) is 0 Å². The van der Waals surface area contributed by atoms with E-state index < -0.39 is 16.1 Å². The van der Waals surface area contributed by atoms with Gasteiger partial charge in [0.15, 0.2) is 0 Å². The normalized spacial score (nSPS) is 23.5. The van der Waals surface area contributed by atoms with Crippen molar-refractivity contribution in [2.24, 2.45) is 0 Å². The fourth-order valence-electron chi connectivity index (χ4n) is 2.99. The second-order valence-electron chi connectivity index (χ2n) is 5.97. The van der Waals surface area contributed by atoms with Crippen LogP contribution < -0.4 is 10.6 Å². The van der Waals surface area contributed by atoms with Crippen LogP contribution in [0.1, 0.15) is 19.3 Å². The van der Waals surface area contributed by atoms with Gasteiger partial charge in [-0.25, -0.2) is 8.42 Å². The number of carbonyl (C=O) groups is 2. The van der Waals surface area contributed by atoms with Gasteiger partial charge in [-0.3, -0.25) is 14.9 Å². The molecule has 2 aliphatic rings. The maximum atomic E-state index is 12.6. The zero-order chi connectivity index (χ0) is 17.3. The molecule has 0 aliphatic carbocycles. The molecule has 24 heavy (non-hydrogen) atoms. The molecule has 0 saturated carbocycles. The van der Waals surface area contributed by atoms with Gasteiger partial charge in [0.1, 0.15) is 0 Å². The number of imide groups is 1. The Morgan fingerprint density at radius 1 is 1.12 bits per heavy atom. The Hall–Kier alpha value is -1.48. The summed E-state index contributed by atoms with van der Waals surface area (Å²) in [4.78, 5) is 23.0. The summed E-state index contributed by atoms with van der Waals surface area (Å²) in [5.74, 6) is -0.587. The van der Waals surface area contributed by atoms with Gasteiger partial charge in [-0.05, 0) is 37.1 Å². The Kier molecular flexibility index (Phi) is 4.91. The molecule has 0 aromatic heterocycles. The van der Waals surface area contributed by atoms with Crippen molar-refractivity contribution in [1.82, 2.24) is 14.9 Å². The maximum Gasteiger partial charge on any atom is 0.244 e. The Morgan fingerprint density at radius 2 is 1.75 bits per heavy atom. The van der Waals surface area contributed by atoms with Crippen LogP contribution in [0.5, 0.6) is 0 Å². The smallest absolute Gasteiger partial charge is 0.244 e. The summed E-state index contributed by atoms with van der Waals surface area (Å²) in [6, 6.07) is 5.61. The third-order valence-electron chi connectivity index (χ3n) is 4.31. The molecule has 0 radical (unpaired) electrons. The number of piperidine rings is 1. The van der Waals surface area contributed by atoms with E-state index in [2.05, 4.69) is 10.6 Å². The van der Waals surface area contributed by atoms with Gasteiger partial charge >= 0.3 is 0 Å². The second kappa shape index (κ2) is 6.79. The van der Waals surface area contributed by atoms with Crippen LogP contribution in [0.15, 0.2) is 29.2 Å². The number of amides is 2. The molecule has 0 bridgehead atoms. The van der Waals surface area contributed by atoms with Crippen LogP contribution in [-0.4, -0.2) is 49.7 Å². The van der Waals surface area contributed by atoms with Crippen molar-refractivity contribution in [2.75, 3.05) is 13.1 Å². The Balaban J connectivity index is 1.59. The lowest BCUT2D eigenvalue weighted by Gasteiger charge is -2.32. The first kappa shape index (κ1) is 17.3. The van der Waals surface area contributed by atoms with Gasteiger partial charge in [0.05, 0.1) is 17.4 Å². The highest BCUT2D eigenvalue weighted by molar-refractivity contribution is 7.89. The minimum Gasteiger partial charge on any atom is -0.303 e. The van der Waals surface area contributed by atoms with Crippen LogP contribution in [-0.2, 0) is 19.6 Å². The van der Waals surface area contributed by atoms with Crippen LogP contribution in [0.25, 0.3) is 0 Å². The molecule has 7 nitrogen and oxygen atoms in total. The van der Waals surface area contributed by atoms with Crippen molar-refractivity contribution in [2.45, 2.75) is 36.2 Å². The maximum absolute atomic E-state index is 12.6. The lowest BCUT2D eigenvalue weighted by Crippen LogP contribution is -2.49. The highest BCUT2D eigenvalue weighted by atomic mass is 35.5. The average Bonchev–Trinajstić information content (AvgIpc) is 2.86. The van der Waals surface area contributed by atoms with E-state index in [9.17, 15) is 18.0 Å². The molecular weight excluding hydrogens is 354 g/mol. The van der Waals surface area contributed by atoms with E-state index in [-0.39, 0.29) is 29.2 Å². The van der Waals surface area contributed by atoms with Crippen LogP contribution >= 0.6 is 11.6 Å². The molecule has 3 rings (SSSR count). The molecule has 0 unspecified atom stereocenters.